The summed E-state index contributed by atoms with van der Waals surface area (Å²) in [5, 5.41) is 0.623. The maximum atomic E-state index is 12.1. The molecule has 0 amide bonds. The second kappa shape index (κ2) is 5.50. The van der Waals surface area contributed by atoms with Gasteiger partial charge in [-0.15, -0.1) is 25.6 Å². The Labute approximate surface area is 113 Å². The van der Waals surface area contributed by atoms with Crippen molar-refractivity contribution in [2.75, 3.05) is 5.43 Å². The van der Waals surface area contributed by atoms with Gasteiger partial charge in [0.15, 0.2) is 0 Å². The lowest BCUT2D eigenvalue weighted by Crippen LogP contribution is -2.17. The molecule has 2 aromatic rings. The van der Waals surface area contributed by atoms with Gasteiger partial charge in [0, 0.05) is 17.1 Å². The Morgan fingerprint density at radius 1 is 1.26 bits per heavy atom. The predicted molar refractivity (Wildman–Crippen MR) is 68.2 cm³/mol. The van der Waals surface area contributed by atoms with Gasteiger partial charge in [-0.25, -0.2) is 0 Å². The van der Waals surface area contributed by atoms with E-state index in [1.165, 1.54) is 18.2 Å². The molecule has 4 nitrogen and oxygen atoms in total. The summed E-state index contributed by atoms with van der Waals surface area (Å²) in [6.07, 6.45) is -4.72. The van der Waals surface area contributed by atoms with Gasteiger partial charge in [-0.1, -0.05) is 0 Å². The van der Waals surface area contributed by atoms with Gasteiger partial charge in [0.25, 0.3) is 0 Å². The van der Waals surface area contributed by atoms with Crippen LogP contribution in [0.25, 0.3) is 10.9 Å². The number of hydrogen-bond acceptors (Lipinski definition) is 4. The van der Waals surface area contributed by atoms with Crippen LogP contribution >= 0.6 is 12.4 Å². The van der Waals surface area contributed by atoms with E-state index in [0.29, 0.717) is 22.3 Å². The molecule has 0 saturated carbocycles. The molecule has 0 radical (unpaired) electrons. The van der Waals surface area contributed by atoms with Gasteiger partial charge >= 0.3 is 6.36 Å². The summed E-state index contributed by atoms with van der Waals surface area (Å²) in [6.45, 7) is 1.72. The van der Waals surface area contributed by atoms with Crippen molar-refractivity contribution in [3.8, 4) is 5.75 Å². The van der Waals surface area contributed by atoms with Crippen molar-refractivity contribution in [3.05, 3.63) is 30.0 Å². The number of ether oxygens (including phenoxy) is 1. The first-order valence-corrected chi connectivity index (χ1v) is 5.03. The number of nitrogens with two attached hydrogens (primary N) is 1. The Bertz CT molecular complexity index is 589. The highest BCUT2D eigenvalue weighted by molar-refractivity contribution is 5.92. The number of fused-ring (bicyclic) bond motifs is 1. The Morgan fingerprint density at radius 3 is 2.53 bits per heavy atom. The Balaban J connectivity index is 0.00000180. The lowest BCUT2D eigenvalue weighted by Gasteiger charge is -2.11. The van der Waals surface area contributed by atoms with E-state index in [0.717, 1.165) is 0 Å². The van der Waals surface area contributed by atoms with Crippen LogP contribution < -0.4 is 16.0 Å². The van der Waals surface area contributed by atoms with Crippen LogP contribution in [0, 0.1) is 6.92 Å². The molecule has 0 aliphatic carbocycles. The highest BCUT2D eigenvalue weighted by Gasteiger charge is 2.31. The average Bonchev–Trinajstić information content (AvgIpc) is 2.25. The molecule has 0 unspecified atom stereocenters. The van der Waals surface area contributed by atoms with Crippen molar-refractivity contribution in [1.82, 2.24) is 4.98 Å². The number of halogens is 4. The standard InChI is InChI=1S/C11H10F3N3O.ClH/c1-6-4-10(17-15)8-3-2-7(5-9(8)16-6)18-11(12,13)14;/h2-5H,15H2,1H3,(H,16,17);1H. The number of aryl methyl sites for hydroxylation is 1. The summed E-state index contributed by atoms with van der Waals surface area (Å²) in [5.74, 6) is 5.03. The zero-order chi connectivity index (χ0) is 13.3. The van der Waals surface area contributed by atoms with E-state index in [1.807, 2.05) is 0 Å². The fraction of sp³-hybridized carbons (Fsp3) is 0.182. The molecule has 8 heteroatoms. The maximum Gasteiger partial charge on any atom is 0.573 e. The van der Waals surface area contributed by atoms with Crippen LogP contribution in [0.15, 0.2) is 24.3 Å². The van der Waals surface area contributed by atoms with E-state index in [9.17, 15) is 13.2 Å². The Hall–Kier alpha value is -1.73. The number of alkyl halides is 3. The molecule has 0 bridgehead atoms. The second-order valence-corrected chi connectivity index (χ2v) is 3.68. The number of rotatable bonds is 2. The molecule has 1 aromatic carbocycles. The molecular weight excluding hydrogens is 283 g/mol. The number of anilines is 1. The van der Waals surface area contributed by atoms with Crippen LogP contribution in [0.5, 0.6) is 5.75 Å². The molecule has 0 aliphatic rings. The van der Waals surface area contributed by atoms with Gasteiger partial charge in [0.2, 0.25) is 0 Å². The van der Waals surface area contributed by atoms with Gasteiger partial charge in [0.1, 0.15) is 5.75 Å². The van der Waals surface area contributed by atoms with E-state index in [4.69, 9.17) is 5.84 Å². The number of benzene rings is 1. The van der Waals surface area contributed by atoms with Crippen LogP contribution in [0.1, 0.15) is 5.69 Å². The summed E-state index contributed by atoms with van der Waals surface area (Å²) in [5.41, 5.74) is 4.09. The maximum absolute atomic E-state index is 12.1. The molecule has 2 rings (SSSR count). The second-order valence-electron chi connectivity index (χ2n) is 3.68. The number of aromatic nitrogens is 1. The quantitative estimate of drug-likeness (QED) is 0.659. The third-order valence-corrected chi connectivity index (χ3v) is 2.30. The number of pyridine rings is 1. The van der Waals surface area contributed by atoms with E-state index in [2.05, 4.69) is 15.1 Å². The minimum atomic E-state index is -4.72. The number of hydrazine groups is 1. The normalized spacial score (nSPS) is 11.0. The molecule has 0 spiro atoms. The molecule has 3 N–H and O–H groups in total. The minimum Gasteiger partial charge on any atom is -0.406 e. The zero-order valence-corrected chi connectivity index (χ0v) is 10.6. The topological polar surface area (TPSA) is 60.2 Å². The third-order valence-electron chi connectivity index (χ3n) is 2.30. The fourth-order valence-corrected chi connectivity index (χ4v) is 1.66. The first kappa shape index (κ1) is 15.3. The first-order chi connectivity index (χ1) is 8.39. The Morgan fingerprint density at radius 2 is 1.95 bits per heavy atom. The summed E-state index contributed by atoms with van der Waals surface area (Å²) < 4.78 is 40.1. The molecule has 0 aliphatic heterocycles. The highest BCUT2D eigenvalue weighted by atomic mass is 35.5. The summed E-state index contributed by atoms with van der Waals surface area (Å²) in [4.78, 5) is 4.13. The lowest BCUT2D eigenvalue weighted by molar-refractivity contribution is -0.274. The predicted octanol–water partition coefficient (Wildman–Crippen LogP) is 3.15. The van der Waals surface area contributed by atoms with Gasteiger partial charge in [-0.05, 0) is 25.1 Å². The summed E-state index contributed by atoms with van der Waals surface area (Å²) in [6, 6.07) is 5.61. The van der Waals surface area contributed by atoms with Gasteiger partial charge in [-0.3, -0.25) is 10.8 Å². The number of hydrogen-bond donors (Lipinski definition) is 2. The van der Waals surface area contributed by atoms with Crippen molar-refractivity contribution < 1.29 is 17.9 Å². The van der Waals surface area contributed by atoms with E-state index in [1.54, 1.807) is 13.0 Å². The fourth-order valence-electron chi connectivity index (χ4n) is 1.66. The van der Waals surface area contributed by atoms with Gasteiger partial charge < -0.3 is 10.2 Å². The average molecular weight is 294 g/mol. The van der Waals surface area contributed by atoms with E-state index < -0.39 is 6.36 Å². The number of nitrogen functional groups attached to an aromatic ring is 1. The van der Waals surface area contributed by atoms with Crippen molar-refractivity contribution in [3.63, 3.8) is 0 Å². The minimum absolute atomic E-state index is 0. The van der Waals surface area contributed by atoms with Gasteiger partial charge in [-0.2, -0.15) is 0 Å². The van der Waals surface area contributed by atoms with E-state index >= 15 is 0 Å². The first-order valence-electron chi connectivity index (χ1n) is 5.03. The lowest BCUT2D eigenvalue weighted by atomic mass is 10.1. The van der Waals surface area contributed by atoms with Crippen LogP contribution in [0.4, 0.5) is 18.9 Å². The molecule has 0 saturated heterocycles. The third kappa shape index (κ3) is 3.62. The molecule has 1 heterocycles. The molecular formula is C11H11ClF3N3O. The number of nitrogens with one attached hydrogen (secondary N) is 1. The summed E-state index contributed by atoms with van der Waals surface area (Å²) >= 11 is 0. The van der Waals surface area contributed by atoms with Gasteiger partial charge in [0.05, 0.1) is 11.2 Å². The molecule has 1 aromatic heterocycles. The molecule has 0 atom stereocenters. The van der Waals surface area contributed by atoms with Crippen molar-refractivity contribution >= 4 is 29.0 Å². The molecule has 19 heavy (non-hydrogen) atoms. The zero-order valence-electron chi connectivity index (χ0n) is 9.78. The van der Waals surface area contributed by atoms with Crippen molar-refractivity contribution in [2.24, 2.45) is 5.84 Å². The van der Waals surface area contributed by atoms with Crippen LogP contribution in [0.2, 0.25) is 0 Å². The monoisotopic (exact) mass is 293 g/mol. The molecule has 104 valence electrons. The highest BCUT2D eigenvalue weighted by Crippen LogP contribution is 2.29. The largest absolute Gasteiger partial charge is 0.573 e. The van der Waals surface area contributed by atoms with Crippen LogP contribution in [-0.2, 0) is 0 Å². The summed E-state index contributed by atoms with van der Waals surface area (Å²) in [7, 11) is 0. The Kier molecular flexibility index (Phi) is 4.43. The van der Waals surface area contributed by atoms with Crippen LogP contribution in [0.3, 0.4) is 0 Å². The van der Waals surface area contributed by atoms with Crippen LogP contribution in [-0.4, -0.2) is 11.3 Å². The SMILES string of the molecule is Cc1cc(NN)c2ccc(OC(F)(F)F)cc2n1.Cl. The van der Waals surface area contributed by atoms with Crippen molar-refractivity contribution in [1.29, 1.82) is 0 Å². The smallest absolute Gasteiger partial charge is 0.406 e. The molecule has 0 fully saturated rings. The van der Waals surface area contributed by atoms with Crippen molar-refractivity contribution in [2.45, 2.75) is 13.3 Å². The number of nitrogens with zero attached hydrogens (tertiary/aromatic N) is 1. The van der Waals surface area contributed by atoms with E-state index in [-0.39, 0.29) is 18.2 Å².